The predicted molar refractivity (Wildman–Crippen MR) is 130 cm³/mol. The number of halogens is 1. The van der Waals surface area contributed by atoms with Crippen LogP contribution in [-0.4, -0.2) is 51.9 Å². The van der Waals surface area contributed by atoms with E-state index in [1.165, 1.54) is 43.2 Å². The van der Waals surface area contributed by atoms with Gasteiger partial charge in [0.25, 0.3) is 5.91 Å². The summed E-state index contributed by atoms with van der Waals surface area (Å²) < 4.78 is 0. The van der Waals surface area contributed by atoms with Crippen molar-refractivity contribution in [3.63, 3.8) is 0 Å². The molecule has 8 nitrogen and oxygen atoms in total. The molecular formula is C22H26ClN7OS. The normalized spacial score (nSPS) is 16.2. The van der Waals surface area contributed by atoms with Crippen molar-refractivity contribution in [2.45, 2.75) is 32.2 Å². The molecule has 0 aliphatic carbocycles. The van der Waals surface area contributed by atoms with Crippen LogP contribution in [0.5, 0.6) is 0 Å². The number of amides is 1. The molecule has 3 N–H and O–H groups in total. The van der Waals surface area contributed by atoms with Crippen LogP contribution in [0.1, 0.15) is 34.5 Å². The number of benzene rings is 1. The summed E-state index contributed by atoms with van der Waals surface area (Å²) >= 11 is 7.45. The SMILES string of the molecule is Cc1cccc(Cl)c1NC(=O)c1cnc(Nc2cc(NCCC3CCCN3C)ncn2)s1. The van der Waals surface area contributed by atoms with E-state index >= 15 is 0 Å². The number of nitrogens with one attached hydrogen (secondary N) is 3. The molecule has 32 heavy (non-hydrogen) atoms. The fourth-order valence-electron chi connectivity index (χ4n) is 3.75. The Bertz CT molecular complexity index is 1070. The first kappa shape index (κ1) is 22.4. The van der Waals surface area contributed by atoms with Gasteiger partial charge >= 0.3 is 0 Å². The van der Waals surface area contributed by atoms with Gasteiger partial charge in [-0.25, -0.2) is 15.0 Å². The van der Waals surface area contributed by atoms with E-state index in [4.69, 9.17) is 11.6 Å². The summed E-state index contributed by atoms with van der Waals surface area (Å²) in [7, 11) is 2.18. The third kappa shape index (κ3) is 5.53. The fourth-order valence-corrected chi connectivity index (χ4v) is 4.73. The third-order valence-electron chi connectivity index (χ3n) is 5.55. The standard InChI is InChI=1S/C22H26ClN7OS/c1-14-5-3-7-16(23)20(14)29-21(31)17-12-25-22(32-17)28-19-11-18(26-13-27-19)24-9-8-15-6-4-10-30(15)2/h3,5,7,11-13,15H,4,6,8-10H2,1-2H3,(H,29,31)(H2,24,25,26,27,28). The summed E-state index contributed by atoms with van der Waals surface area (Å²) in [4.78, 5) is 28.4. The number of nitrogens with zero attached hydrogens (tertiary/aromatic N) is 4. The molecule has 3 heterocycles. The summed E-state index contributed by atoms with van der Waals surface area (Å²) in [5.41, 5.74) is 1.51. The van der Waals surface area contributed by atoms with Gasteiger partial charge in [-0.1, -0.05) is 35.1 Å². The van der Waals surface area contributed by atoms with Gasteiger partial charge in [0.1, 0.15) is 22.8 Å². The van der Waals surface area contributed by atoms with Crippen LogP contribution >= 0.6 is 22.9 Å². The number of hydrogen-bond acceptors (Lipinski definition) is 8. The quantitative estimate of drug-likeness (QED) is 0.434. The number of anilines is 4. The molecule has 1 atom stereocenters. The summed E-state index contributed by atoms with van der Waals surface area (Å²) in [6.07, 6.45) is 6.65. The number of rotatable bonds is 8. The summed E-state index contributed by atoms with van der Waals surface area (Å²) in [5.74, 6) is 1.12. The molecule has 0 saturated carbocycles. The Labute approximate surface area is 196 Å². The average Bonchev–Trinajstić information content (AvgIpc) is 3.40. The van der Waals surface area contributed by atoms with Gasteiger partial charge in [0, 0.05) is 18.7 Å². The van der Waals surface area contributed by atoms with Crippen LogP contribution in [0.15, 0.2) is 36.8 Å². The van der Waals surface area contributed by atoms with Crippen LogP contribution < -0.4 is 16.0 Å². The average molecular weight is 472 g/mol. The molecule has 1 amide bonds. The molecule has 1 unspecified atom stereocenters. The minimum absolute atomic E-state index is 0.256. The highest BCUT2D eigenvalue weighted by Crippen LogP contribution is 2.28. The van der Waals surface area contributed by atoms with E-state index in [1.807, 2.05) is 25.1 Å². The van der Waals surface area contributed by atoms with E-state index in [-0.39, 0.29) is 5.91 Å². The van der Waals surface area contributed by atoms with E-state index in [9.17, 15) is 4.79 Å². The van der Waals surface area contributed by atoms with E-state index < -0.39 is 0 Å². The van der Waals surface area contributed by atoms with Crippen LogP contribution in [-0.2, 0) is 0 Å². The molecule has 0 bridgehead atoms. The Morgan fingerprint density at radius 2 is 2.12 bits per heavy atom. The minimum atomic E-state index is -0.256. The molecule has 4 rings (SSSR count). The van der Waals surface area contributed by atoms with Gasteiger partial charge in [-0.15, -0.1) is 0 Å². The van der Waals surface area contributed by atoms with E-state index in [0.29, 0.717) is 32.6 Å². The lowest BCUT2D eigenvalue weighted by molar-refractivity contribution is 0.103. The van der Waals surface area contributed by atoms with Crippen molar-refractivity contribution in [3.8, 4) is 0 Å². The highest BCUT2D eigenvalue weighted by molar-refractivity contribution is 7.17. The van der Waals surface area contributed by atoms with Crippen LogP contribution in [0.3, 0.4) is 0 Å². The summed E-state index contributed by atoms with van der Waals surface area (Å²) in [6.45, 7) is 3.93. The lowest BCUT2D eigenvalue weighted by atomic mass is 10.1. The maximum Gasteiger partial charge on any atom is 0.267 e. The summed E-state index contributed by atoms with van der Waals surface area (Å²) in [6, 6.07) is 7.97. The van der Waals surface area contributed by atoms with E-state index in [0.717, 1.165) is 24.3 Å². The largest absolute Gasteiger partial charge is 0.370 e. The first-order valence-corrected chi connectivity index (χ1v) is 11.7. The van der Waals surface area contributed by atoms with Crippen molar-refractivity contribution in [3.05, 3.63) is 52.3 Å². The van der Waals surface area contributed by atoms with Gasteiger partial charge in [0.15, 0.2) is 5.13 Å². The Hall–Kier alpha value is -2.75. The number of aromatic nitrogens is 3. The Balaban J connectivity index is 1.34. The third-order valence-corrected chi connectivity index (χ3v) is 6.77. The number of carbonyl (C=O) groups excluding carboxylic acids is 1. The Kier molecular flexibility index (Phi) is 7.19. The monoisotopic (exact) mass is 471 g/mol. The Morgan fingerprint density at radius 1 is 1.28 bits per heavy atom. The number of para-hydroxylation sites is 1. The van der Waals surface area contributed by atoms with Gasteiger partial charge in [0.2, 0.25) is 0 Å². The lowest BCUT2D eigenvalue weighted by Gasteiger charge is -2.19. The topological polar surface area (TPSA) is 95.1 Å². The zero-order chi connectivity index (χ0) is 22.5. The minimum Gasteiger partial charge on any atom is -0.370 e. The number of likely N-dealkylation sites (tertiary alicyclic amines) is 1. The molecule has 3 aromatic rings. The molecule has 1 aromatic carbocycles. The first-order valence-electron chi connectivity index (χ1n) is 10.5. The number of aryl methyl sites for hydroxylation is 1. The molecule has 1 saturated heterocycles. The van der Waals surface area contributed by atoms with Crippen LogP contribution in [0.25, 0.3) is 0 Å². The van der Waals surface area contributed by atoms with Crippen molar-refractivity contribution >= 4 is 51.3 Å². The maximum absolute atomic E-state index is 12.6. The van der Waals surface area contributed by atoms with Gasteiger partial charge in [-0.2, -0.15) is 0 Å². The van der Waals surface area contributed by atoms with E-state index in [1.54, 1.807) is 6.07 Å². The Morgan fingerprint density at radius 3 is 2.91 bits per heavy atom. The second-order valence-electron chi connectivity index (χ2n) is 7.82. The molecule has 1 aliphatic heterocycles. The highest BCUT2D eigenvalue weighted by atomic mass is 35.5. The summed E-state index contributed by atoms with van der Waals surface area (Å²) in [5, 5.41) is 10.5. The van der Waals surface area contributed by atoms with Crippen molar-refractivity contribution in [2.75, 3.05) is 36.1 Å². The van der Waals surface area contributed by atoms with Gasteiger partial charge in [0.05, 0.1) is 16.9 Å². The smallest absolute Gasteiger partial charge is 0.267 e. The second-order valence-corrected chi connectivity index (χ2v) is 9.26. The van der Waals surface area contributed by atoms with Gasteiger partial charge < -0.3 is 20.9 Å². The van der Waals surface area contributed by atoms with Crippen molar-refractivity contribution in [2.24, 2.45) is 0 Å². The van der Waals surface area contributed by atoms with Gasteiger partial charge in [-0.05, 0) is 51.4 Å². The van der Waals surface area contributed by atoms with Gasteiger partial charge in [-0.3, -0.25) is 4.79 Å². The van der Waals surface area contributed by atoms with Crippen LogP contribution in [0.2, 0.25) is 5.02 Å². The predicted octanol–water partition coefficient (Wildman–Crippen LogP) is 4.79. The molecule has 168 valence electrons. The fraction of sp³-hybridized carbons (Fsp3) is 0.364. The number of hydrogen-bond donors (Lipinski definition) is 3. The number of thiazole rings is 1. The first-order chi connectivity index (χ1) is 15.5. The molecule has 1 aliphatic rings. The van der Waals surface area contributed by atoms with E-state index in [2.05, 4.69) is 42.8 Å². The zero-order valence-electron chi connectivity index (χ0n) is 18.1. The molecule has 0 spiro atoms. The molecule has 10 heteroatoms. The molecule has 1 fully saturated rings. The molecular weight excluding hydrogens is 446 g/mol. The van der Waals surface area contributed by atoms with Crippen molar-refractivity contribution in [1.82, 2.24) is 19.9 Å². The second kappa shape index (κ2) is 10.2. The zero-order valence-corrected chi connectivity index (χ0v) is 19.6. The van der Waals surface area contributed by atoms with Crippen LogP contribution in [0, 0.1) is 6.92 Å². The van der Waals surface area contributed by atoms with Crippen molar-refractivity contribution < 1.29 is 4.79 Å². The number of carbonyl (C=O) groups is 1. The maximum atomic E-state index is 12.6. The highest BCUT2D eigenvalue weighted by Gasteiger charge is 2.20. The van der Waals surface area contributed by atoms with Crippen molar-refractivity contribution in [1.29, 1.82) is 0 Å². The van der Waals surface area contributed by atoms with Crippen LogP contribution in [0.4, 0.5) is 22.5 Å². The lowest BCUT2D eigenvalue weighted by Crippen LogP contribution is -2.27. The molecule has 0 radical (unpaired) electrons. The molecule has 2 aromatic heterocycles.